The van der Waals surface area contributed by atoms with Gasteiger partial charge in [-0.1, -0.05) is 43.3 Å². The Hall–Kier alpha value is -3.47. The lowest BCUT2D eigenvalue weighted by molar-refractivity contribution is 0.0951. The number of benzene rings is 2. The molecule has 0 radical (unpaired) electrons. The molecule has 2 aromatic carbocycles. The predicted octanol–water partition coefficient (Wildman–Crippen LogP) is 4.12. The Morgan fingerprint density at radius 1 is 0.963 bits per heavy atom. The molecule has 2 N–H and O–H groups in total. The number of H-pyrrole nitrogens is 1. The maximum atomic E-state index is 12.3. The highest BCUT2D eigenvalue weighted by atomic mass is 16.1. The van der Waals surface area contributed by atoms with Crippen LogP contribution in [0.3, 0.4) is 0 Å². The zero-order chi connectivity index (χ0) is 18.6. The summed E-state index contributed by atoms with van der Waals surface area (Å²) in [6, 6.07) is 17.8. The second-order valence-electron chi connectivity index (χ2n) is 6.39. The van der Waals surface area contributed by atoms with Gasteiger partial charge in [-0.2, -0.15) is 0 Å². The first-order valence-electron chi connectivity index (χ1n) is 8.99. The number of hydrogen-bond acceptors (Lipinski definition) is 3. The summed E-state index contributed by atoms with van der Waals surface area (Å²) in [6.07, 6.45) is 4.39. The number of aryl methyl sites for hydroxylation is 1. The Labute approximate surface area is 157 Å². The molecule has 27 heavy (non-hydrogen) atoms. The molecular weight excluding hydrogens is 336 g/mol. The van der Waals surface area contributed by atoms with Gasteiger partial charge >= 0.3 is 0 Å². The van der Waals surface area contributed by atoms with Gasteiger partial charge in [0.15, 0.2) is 0 Å². The number of carbonyl (C=O) groups excluding carboxylic acids is 1. The van der Waals surface area contributed by atoms with Crippen LogP contribution in [0.5, 0.6) is 0 Å². The second-order valence-corrected chi connectivity index (χ2v) is 6.39. The fourth-order valence-corrected chi connectivity index (χ4v) is 3.06. The van der Waals surface area contributed by atoms with Crippen LogP contribution >= 0.6 is 0 Å². The SMILES string of the molecule is CCc1ccc(C(=O)NCc2ccc(-c3ncnc4[nH]ccc34)cc2)cc1. The van der Waals surface area contributed by atoms with E-state index in [9.17, 15) is 4.79 Å². The molecule has 0 aliphatic rings. The Kier molecular flexibility index (Phi) is 4.66. The van der Waals surface area contributed by atoms with E-state index in [1.165, 1.54) is 5.56 Å². The Bertz CT molecular complexity index is 1070. The highest BCUT2D eigenvalue weighted by Gasteiger charge is 2.08. The van der Waals surface area contributed by atoms with Gasteiger partial charge in [0, 0.05) is 29.3 Å². The number of aromatic nitrogens is 3. The van der Waals surface area contributed by atoms with Gasteiger partial charge in [0.1, 0.15) is 12.0 Å². The number of fused-ring (bicyclic) bond motifs is 1. The number of nitrogens with zero attached hydrogens (tertiary/aromatic N) is 2. The molecule has 2 heterocycles. The van der Waals surface area contributed by atoms with Crippen LogP contribution in [0.2, 0.25) is 0 Å². The van der Waals surface area contributed by atoms with Crippen molar-refractivity contribution in [2.75, 3.05) is 0 Å². The normalized spacial score (nSPS) is 10.9. The van der Waals surface area contributed by atoms with Gasteiger partial charge in [-0.15, -0.1) is 0 Å². The molecule has 0 aliphatic heterocycles. The van der Waals surface area contributed by atoms with Crippen molar-refractivity contribution < 1.29 is 4.79 Å². The van der Waals surface area contributed by atoms with Crippen LogP contribution in [0.25, 0.3) is 22.3 Å². The van der Waals surface area contributed by atoms with E-state index in [-0.39, 0.29) is 5.91 Å². The van der Waals surface area contributed by atoms with Crippen LogP contribution in [-0.4, -0.2) is 20.9 Å². The van der Waals surface area contributed by atoms with E-state index in [0.29, 0.717) is 12.1 Å². The van der Waals surface area contributed by atoms with E-state index in [0.717, 1.165) is 34.3 Å². The zero-order valence-corrected chi connectivity index (χ0v) is 15.1. The van der Waals surface area contributed by atoms with E-state index in [4.69, 9.17) is 0 Å². The minimum absolute atomic E-state index is 0.0634. The molecule has 0 saturated heterocycles. The maximum Gasteiger partial charge on any atom is 0.251 e. The van der Waals surface area contributed by atoms with Crippen molar-refractivity contribution in [2.24, 2.45) is 0 Å². The molecule has 5 nitrogen and oxygen atoms in total. The molecule has 0 spiro atoms. The molecule has 0 bridgehead atoms. The van der Waals surface area contributed by atoms with E-state index < -0.39 is 0 Å². The van der Waals surface area contributed by atoms with Crippen molar-refractivity contribution in [3.8, 4) is 11.3 Å². The average molecular weight is 356 g/mol. The van der Waals surface area contributed by atoms with Crippen molar-refractivity contribution in [1.29, 1.82) is 0 Å². The molecule has 4 aromatic rings. The Morgan fingerprint density at radius 3 is 2.44 bits per heavy atom. The summed E-state index contributed by atoms with van der Waals surface area (Å²) in [5.41, 5.74) is 5.69. The van der Waals surface area contributed by atoms with Crippen molar-refractivity contribution in [3.63, 3.8) is 0 Å². The first-order chi connectivity index (χ1) is 13.2. The summed E-state index contributed by atoms with van der Waals surface area (Å²) in [6.45, 7) is 2.58. The van der Waals surface area contributed by atoms with E-state index in [1.54, 1.807) is 6.33 Å². The number of carbonyl (C=O) groups is 1. The predicted molar refractivity (Wildman–Crippen MR) is 106 cm³/mol. The molecule has 1 amide bonds. The number of nitrogens with one attached hydrogen (secondary N) is 2. The van der Waals surface area contributed by atoms with Crippen molar-refractivity contribution in [1.82, 2.24) is 20.3 Å². The molecule has 5 heteroatoms. The van der Waals surface area contributed by atoms with Gasteiger partial charge in [-0.25, -0.2) is 9.97 Å². The lowest BCUT2D eigenvalue weighted by Gasteiger charge is -2.08. The number of rotatable bonds is 5. The van der Waals surface area contributed by atoms with Crippen LogP contribution in [0, 0.1) is 0 Å². The maximum absolute atomic E-state index is 12.3. The smallest absolute Gasteiger partial charge is 0.251 e. The molecule has 0 aliphatic carbocycles. The van der Waals surface area contributed by atoms with Gasteiger partial charge in [0.25, 0.3) is 5.91 Å². The zero-order valence-electron chi connectivity index (χ0n) is 15.1. The Balaban J connectivity index is 1.45. The minimum atomic E-state index is -0.0634. The monoisotopic (exact) mass is 356 g/mol. The Morgan fingerprint density at radius 2 is 1.70 bits per heavy atom. The lowest BCUT2D eigenvalue weighted by atomic mass is 10.1. The van der Waals surface area contributed by atoms with Crippen molar-refractivity contribution in [2.45, 2.75) is 19.9 Å². The third-order valence-corrected chi connectivity index (χ3v) is 4.66. The third-order valence-electron chi connectivity index (χ3n) is 4.66. The summed E-state index contributed by atoms with van der Waals surface area (Å²) in [5.74, 6) is -0.0634. The first kappa shape index (κ1) is 17.0. The third kappa shape index (κ3) is 3.58. The molecule has 134 valence electrons. The highest BCUT2D eigenvalue weighted by Crippen LogP contribution is 2.24. The summed E-state index contributed by atoms with van der Waals surface area (Å²) >= 11 is 0. The molecule has 0 unspecified atom stereocenters. The molecule has 0 atom stereocenters. The molecule has 4 rings (SSSR count). The standard InChI is InChI=1S/C22H20N4O/c1-2-15-3-9-18(10-4-15)22(27)24-13-16-5-7-17(8-6-16)20-19-11-12-23-21(19)26-14-25-20/h3-12,14H,2,13H2,1H3,(H,24,27)(H,23,25,26). The average Bonchev–Trinajstić information content (AvgIpc) is 3.21. The van der Waals surface area contributed by atoms with Crippen LogP contribution in [-0.2, 0) is 13.0 Å². The molecule has 2 aromatic heterocycles. The topological polar surface area (TPSA) is 70.7 Å². The van der Waals surface area contributed by atoms with E-state index in [2.05, 4.69) is 27.2 Å². The van der Waals surface area contributed by atoms with Crippen LogP contribution in [0.4, 0.5) is 0 Å². The number of aromatic amines is 1. The largest absolute Gasteiger partial charge is 0.348 e. The fraction of sp³-hybridized carbons (Fsp3) is 0.136. The highest BCUT2D eigenvalue weighted by molar-refractivity contribution is 5.94. The summed E-state index contributed by atoms with van der Waals surface area (Å²) in [5, 5.41) is 3.96. The molecule has 0 saturated carbocycles. The number of amides is 1. The molecule has 0 fully saturated rings. The number of hydrogen-bond donors (Lipinski definition) is 2. The minimum Gasteiger partial charge on any atom is -0.348 e. The van der Waals surface area contributed by atoms with Crippen LogP contribution in [0.1, 0.15) is 28.4 Å². The van der Waals surface area contributed by atoms with Crippen molar-refractivity contribution >= 4 is 16.9 Å². The lowest BCUT2D eigenvalue weighted by Crippen LogP contribution is -2.22. The van der Waals surface area contributed by atoms with Crippen molar-refractivity contribution in [3.05, 3.63) is 83.8 Å². The van der Waals surface area contributed by atoms with Gasteiger partial charge in [-0.3, -0.25) is 4.79 Å². The van der Waals surface area contributed by atoms with E-state index in [1.807, 2.05) is 60.8 Å². The van der Waals surface area contributed by atoms with E-state index >= 15 is 0 Å². The second kappa shape index (κ2) is 7.41. The van der Waals surface area contributed by atoms with Crippen LogP contribution in [0.15, 0.2) is 67.1 Å². The summed E-state index contributed by atoms with van der Waals surface area (Å²) in [7, 11) is 0. The van der Waals surface area contributed by atoms with Gasteiger partial charge < -0.3 is 10.3 Å². The summed E-state index contributed by atoms with van der Waals surface area (Å²) < 4.78 is 0. The van der Waals surface area contributed by atoms with Crippen LogP contribution < -0.4 is 5.32 Å². The molecular formula is C22H20N4O. The quantitative estimate of drug-likeness (QED) is 0.565. The first-order valence-corrected chi connectivity index (χ1v) is 8.99. The van der Waals surface area contributed by atoms with Gasteiger partial charge in [0.2, 0.25) is 0 Å². The van der Waals surface area contributed by atoms with Gasteiger partial charge in [-0.05, 0) is 35.7 Å². The summed E-state index contributed by atoms with van der Waals surface area (Å²) in [4.78, 5) is 24.0. The van der Waals surface area contributed by atoms with Gasteiger partial charge in [0.05, 0.1) is 5.69 Å². The fourth-order valence-electron chi connectivity index (χ4n) is 3.06.